The first kappa shape index (κ1) is 14.8. The molecule has 0 saturated carbocycles. The summed E-state index contributed by atoms with van der Waals surface area (Å²) in [7, 11) is 3.48. The maximum atomic E-state index is 13.6. The molecule has 5 heteroatoms. The van der Waals surface area contributed by atoms with Gasteiger partial charge in [-0.3, -0.25) is 0 Å². The number of rotatable bonds is 5. The number of hydrogen-bond acceptors (Lipinski definition) is 3. The van der Waals surface area contributed by atoms with Crippen LogP contribution >= 0.6 is 0 Å². The van der Waals surface area contributed by atoms with Crippen molar-refractivity contribution in [3.63, 3.8) is 0 Å². The van der Waals surface area contributed by atoms with E-state index in [0.717, 1.165) is 11.4 Å². The van der Waals surface area contributed by atoms with Crippen LogP contribution in [-0.2, 0) is 6.54 Å². The Balaban J connectivity index is 2.13. The zero-order valence-electron chi connectivity index (χ0n) is 11.8. The highest BCUT2D eigenvalue weighted by Crippen LogP contribution is 2.20. The van der Waals surface area contributed by atoms with E-state index in [1.165, 1.54) is 12.1 Å². The normalized spacial score (nSPS) is 10.2. The third kappa shape index (κ3) is 3.51. The number of ether oxygens (including phenoxy) is 1. The molecule has 0 unspecified atom stereocenters. The monoisotopic (exact) mass is 289 g/mol. The van der Waals surface area contributed by atoms with Crippen molar-refractivity contribution in [2.24, 2.45) is 0 Å². The summed E-state index contributed by atoms with van der Waals surface area (Å²) in [5.41, 5.74) is 1.35. The number of carboxylic acid groups (broad SMARTS) is 1. The van der Waals surface area contributed by atoms with Gasteiger partial charge in [0.1, 0.15) is 11.6 Å². The second-order valence-corrected chi connectivity index (χ2v) is 4.67. The Kier molecular flexibility index (Phi) is 4.42. The molecular formula is C16H16FNO3. The molecule has 0 spiro atoms. The predicted molar refractivity (Wildman–Crippen MR) is 78.5 cm³/mol. The Hall–Kier alpha value is -2.56. The van der Waals surface area contributed by atoms with Crippen molar-refractivity contribution in [1.29, 1.82) is 0 Å². The molecule has 110 valence electrons. The summed E-state index contributed by atoms with van der Waals surface area (Å²) in [4.78, 5) is 12.7. The zero-order chi connectivity index (χ0) is 15.4. The summed E-state index contributed by atoms with van der Waals surface area (Å²) >= 11 is 0. The molecule has 2 rings (SSSR count). The van der Waals surface area contributed by atoms with Gasteiger partial charge in [0.05, 0.1) is 12.7 Å². The molecule has 0 bridgehead atoms. The molecule has 0 heterocycles. The number of nitrogens with zero attached hydrogens (tertiary/aromatic N) is 1. The third-order valence-corrected chi connectivity index (χ3v) is 3.20. The lowest BCUT2D eigenvalue weighted by Gasteiger charge is -2.20. The van der Waals surface area contributed by atoms with Gasteiger partial charge in [-0.05, 0) is 42.0 Å². The molecular weight excluding hydrogens is 273 g/mol. The van der Waals surface area contributed by atoms with Crippen LogP contribution in [0.3, 0.4) is 0 Å². The minimum atomic E-state index is -1.26. The lowest BCUT2D eigenvalue weighted by Crippen LogP contribution is -2.16. The van der Waals surface area contributed by atoms with Crippen molar-refractivity contribution in [2.45, 2.75) is 6.54 Å². The molecule has 0 radical (unpaired) electrons. The first-order valence-electron chi connectivity index (χ1n) is 6.38. The van der Waals surface area contributed by atoms with Crippen molar-refractivity contribution in [3.8, 4) is 5.75 Å². The van der Waals surface area contributed by atoms with E-state index < -0.39 is 11.8 Å². The summed E-state index contributed by atoms with van der Waals surface area (Å²) in [6, 6.07) is 11.7. The van der Waals surface area contributed by atoms with Gasteiger partial charge < -0.3 is 14.7 Å². The molecule has 4 nitrogen and oxygen atoms in total. The van der Waals surface area contributed by atoms with E-state index in [4.69, 9.17) is 9.84 Å². The molecule has 1 N–H and O–H groups in total. The molecule has 0 aliphatic heterocycles. The number of carbonyl (C=O) groups is 1. The van der Waals surface area contributed by atoms with E-state index in [9.17, 15) is 9.18 Å². The quantitative estimate of drug-likeness (QED) is 0.918. The Morgan fingerprint density at radius 1 is 1.24 bits per heavy atom. The maximum Gasteiger partial charge on any atom is 0.338 e. The van der Waals surface area contributed by atoms with Gasteiger partial charge in [0, 0.05) is 19.3 Å². The van der Waals surface area contributed by atoms with Gasteiger partial charge in [-0.2, -0.15) is 0 Å². The van der Waals surface area contributed by atoms with Gasteiger partial charge in [-0.1, -0.05) is 6.07 Å². The summed E-state index contributed by atoms with van der Waals surface area (Å²) in [6.07, 6.45) is 0. The molecule has 0 aliphatic carbocycles. The van der Waals surface area contributed by atoms with E-state index in [1.807, 2.05) is 36.2 Å². The fourth-order valence-electron chi connectivity index (χ4n) is 2.03. The Morgan fingerprint density at radius 3 is 2.43 bits per heavy atom. The van der Waals surface area contributed by atoms with Crippen LogP contribution in [0.15, 0.2) is 42.5 Å². The van der Waals surface area contributed by atoms with Gasteiger partial charge >= 0.3 is 5.97 Å². The molecule has 21 heavy (non-hydrogen) atoms. The van der Waals surface area contributed by atoms with E-state index in [2.05, 4.69) is 0 Å². The first-order valence-corrected chi connectivity index (χ1v) is 6.38. The van der Waals surface area contributed by atoms with Crippen molar-refractivity contribution in [3.05, 3.63) is 59.4 Å². The molecule has 0 aromatic heterocycles. The van der Waals surface area contributed by atoms with E-state index in [0.29, 0.717) is 12.1 Å². The van der Waals surface area contributed by atoms with Crippen molar-refractivity contribution in [1.82, 2.24) is 0 Å². The maximum absolute atomic E-state index is 13.6. The van der Waals surface area contributed by atoms with Crippen LogP contribution in [0.25, 0.3) is 0 Å². The van der Waals surface area contributed by atoms with Gasteiger partial charge in [-0.15, -0.1) is 0 Å². The zero-order valence-corrected chi connectivity index (χ0v) is 11.8. The molecule has 0 atom stereocenters. The summed E-state index contributed by atoms with van der Waals surface area (Å²) in [6.45, 7) is 0.475. The van der Waals surface area contributed by atoms with Gasteiger partial charge in [0.25, 0.3) is 0 Å². The van der Waals surface area contributed by atoms with Crippen LogP contribution in [0.4, 0.5) is 10.1 Å². The molecule has 0 saturated heterocycles. The first-order chi connectivity index (χ1) is 10.0. The minimum Gasteiger partial charge on any atom is -0.497 e. The molecule has 0 amide bonds. The highest BCUT2D eigenvalue weighted by molar-refractivity contribution is 5.87. The second kappa shape index (κ2) is 6.26. The highest BCUT2D eigenvalue weighted by Gasteiger charge is 2.11. The van der Waals surface area contributed by atoms with Crippen molar-refractivity contribution in [2.75, 3.05) is 19.1 Å². The number of anilines is 1. The molecule has 0 aliphatic rings. The predicted octanol–water partition coefficient (Wildman–Crippen LogP) is 3.17. The number of methoxy groups -OCH3 is 1. The van der Waals surface area contributed by atoms with Crippen molar-refractivity contribution >= 4 is 11.7 Å². The van der Waals surface area contributed by atoms with Crippen LogP contribution in [0.5, 0.6) is 5.75 Å². The van der Waals surface area contributed by atoms with E-state index in [-0.39, 0.29) is 5.56 Å². The van der Waals surface area contributed by atoms with Crippen LogP contribution in [0.1, 0.15) is 15.9 Å². The van der Waals surface area contributed by atoms with Crippen LogP contribution in [-0.4, -0.2) is 25.2 Å². The minimum absolute atomic E-state index is 0.314. The summed E-state index contributed by atoms with van der Waals surface area (Å²) in [5, 5.41) is 8.80. The summed E-state index contributed by atoms with van der Waals surface area (Å²) in [5.74, 6) is -1.21. The lowest BCUT2D eigenvalue weighted by molar-refractivity contribution is 0.0692. The topological polar surface area (TPSA) is 49.8 Å². The van der Waals surface area contributed by atoms with Gasteiger partial charge in [0.2, 0.25) is 0 Å². The highest BCUT2D eigenvalue weighted by atomic mass is 19.1. The number of carboxylic acids is 1. The molecule has 0 fully saturated rings. The van der Waals surface area contributed by atoms with Crippen LogP contribution < -0.4 is 9.64 Å². The second-order valence-electron chi connectivity index (χ2n) is 4.67. The number of hydrogen-bond donors (Lipinski definition) is 1. The SMILES string of the molecule is COc1ccc(N(C)Cc2ccc(C(=O)O)c(F)c2)cc1. The fraction of sp³-hybridized carbons (Fsp3) is 0.188. The number of benzene rings is 2. The molecule has 2 aromatic rings. The van der Waals surface area contributed by atoms with Crippen LogP contribution in [0, 0.1) is 5.82 Å². The number of halogens is 1. The van der Waals surface area contributed by atoms with Crippen molar-refractivity contribution < 1.29 is 19.0 Å². The largest absolute Gasteiger partial charge is 0.497 e. The summed E-state index contributed by atoms with van der Waals surface area (Å²) < 4.78 is 18.7. The molecule has 2 aromatic carbocycles. The number of aromatic carboxylic acids is 1. The van der Waals surface area contributed by atoms with E-state index >= 15 is 0 Å². The Bertz CT molecular complexity index is 640. The Labute approximate surface area is 122 Å². The van der Waals surface area contributed by atoms with Gasteiger partial charge in [-0.25, -0.2) is 9.18 Å². The third-order valence-electron chi connectivity index (χ3n) is 3.20. The van der Waals surface area contributed by atoms with Gasteiger partial charge in [0.15, 0.2) is 0 Å². The van der Waals surface area contributed by atoms with Crippen LogP contribution in [0.2, 0.25) is 0 Å². The Morgan fingerprint density at radius 2 is 1.90 bits per heavy atom. The fourth-order valence-corrected chi connectivity index (χ4v) is 2.03. The standard InChI is InChI=1S/C16H16FNO3/c1-18(12-4-6-13(21-2)7-5-12)10-11-3-8-14(16(19)20)15(17)9-11/h3-9H,10H2,1-2H3,(H,19,20). The smallest absolute Gasteiger partial charge is 0.338 e. The van der Waals surface area contributed by atoms with E-state index in [1.54, 1.807) is 13.2 Å². The lowest BCUT2D eigenvalue weighted by atomic mass is 10.1. The average Bonchev–Trinajstić information content (AvgIpc) is 2.47. The average molecular weight is 289 g/mol.